The van der Waals surface area contributed by atoms with Crippen LogP contribution in [-0.2, 0) is 5.41 Å². The smallest absolute Gasteiger partial charge is 0.145 e. The molecule has 2 aromatic heterocycles. The third-order valence-electron chi connectivity index (χ3n) is 19.4. The van der Waals surface area contributed by atoms with E-state index in [1.165, 1.54) is 49.9 Å². The number of halogens is 1. The highest BCUT2D eigenvalue weighted by molar-refractivity contribution is 6.25. The van der Waals surface area contributed by atoms with Gasteiger partial charge in [0.2, 0.25) is 0 Å². The van der Waals surface area contributed by atoms with Gasteiger partial charge in [0.15, 0.2) is 0 Å². The van der Waals surface area contributed by atoms with Gasteiger partial charge in [-0.15, -0.1) is 0 Å². The zero-order valence-electron chi connectivity index (χ0n) is 51.5. The molecule has 0 N–H and O–H groups in total. The highest BCUT2D eigenvalue weighted by Gasteiger charge is 2.51. The normalized spacial score (nSPS) is 12.7. The second-order valence-corrected chi connectivity index (χ2v) is 25.2. The predicted molar refractivity (Wildman–Crippen MR) is 382 cm³/mol. The highest BCUT2D eigenvalue weighted by Crippen LogP contribution is 2.64. The summed E-state index contributed by atoms with van der Waals surface area (Å²) < 4.78 is 31.1. The molecule has 0 unspecified atom stereocenters. The fourth-order valence-electron chi connectivity index (χ4n) is 14.9. The van der Waals surface area contributed by atoms with E-state index in [0.717, 1.165) is 111 Å². The van der Waals surface area contributed by atoms with Gasteiger partial charge < -0.3 is 18.6 Å². The first kappa shape index (κ1) is 54.8. The van der Waals surface area contributed by atoms with Crippen LogP contribution in [0.1, 0.15) is 72.9 Å². The number of anilines is 6. The molecule has 5 heteroatoms. The Hall–Kier alpha value is -11.3. The van der Waals surface area contributed by atoms with E-state index >= 15 is 4.39 Å². The van der Waals surface area contributed by atoms with Crippen molar-refractivity contribution in [3.05, 3.63) is 336 Å². The van der Waals surface area contributed by atoms with E-state index in [4.69, 9.17) is 8.83 Å². The van der Waals surface area contributed by atoms with Gasteiger partial charge in [0, 0.05) is 50.7 Å². The van der Waals surface area contributed by atoms with E-state index in [1.807, 2.05) is 6.07 Å². The summed E-state index contributed by atoms with van der Waals surface area (Å²) in [6, 6.07) is 107. The van der Waals surface area contributed by atoms with Crippen molar-refractivity contribution in [1.29, 1.82) is 0 Å². The molecule has 0 amide bonds. The van der Waals surface area contributed by atoms with Gasteiger partial charge in [0.25, 0.3) is 0 Å². The Bertz CT molecular complexity index is 5460. The molecule has 0 fully saturated rings. The lowest BCUT2D eigenvalue weighted by molar-refractivity contribution is 0.618. The lowest BCUT2D eigenvalue weighted by Crippen LogP contribution is -2.29. The maximum atomic E-state index is 16.1. The fraction of sp³-hybridized carbons (Fsp3) is 0.0805. The zero-order chi connectivity index (χ0) is 61.8. The number of para-hydroxylation sites is 1. The molecule has 92 heavy (non-hydrogen) atoms. The molecule has 0 saturated carbocycles. The molecule has 16 aromatic rings. The van der Waals surface area contributed by atoms with Gasteiger partial charge in [0.05, 0.1) is 27.6 Å². The summed E-state index contributed by atoms with van der Waals surface area (Å²) in [6.07, 6.45) is 0. The second kappa shape index (κ2) is 21.8. The quantitative estimate of drug-likeness (QED) is 0.122. The predicted octanol–water partition coefficient (Wildman–Crippen LogP) is 24.8. The number of furan rings is 2. The Morgan fingerprint density at radius 1 is 0.337 bits per heavy atom. The first-order valence-electron chi connectivity index (χ1n) is 32.0. The van der Waals surface area contributed by atoms with E-state index in [-0.39, 0.29) is 5.82 Å². The summed E-state index contributed by atoms with van der Waals surface area (Å²) in [6.45, 7) is 8.96. The molecule has 2 heterocycles. The van der Waals surface area contributed by atoms with Crippen molar-refractivity contribution in [2.75, 3.05) is 9.80 Å². The Kier molecular flexibility index (Phi) is 13.0. The Balaban J connectivity index is 0.994. The SMILES string of the molecule is CC(C)c1ccc(N(c2ccc(-c3cccc4ccccc34)cc2)c2cc3c(c4oc5ccccc5c24)-c2c(cc(N(c4ccc(-c5cccc6ccccc56)cc4)c4ccc(C(C)C)cc4)c4c2oc2cc(F)ccc24)C3(c2ccccc2)c2ccccc2)cc1. The molecule has 0 bridgehead atoms. The average Bonchev–Trinajstić information content (AvgIpc) is 1.51. The zero-order valence-corrected chi connectivity index (χ0v) is 51.5. The molecule has 0 atom stereocenters. The van der Waals surface area contributed by atoms with Gasteiger partial charge in [-0.3, -0.25) is 0 Å². The molecule has 0 radical (unpaired) electrons. The number of benzene rings is 14. The van der Waals surface area contributed by atoms with Gasteiger partial charge >= 0.3 is 0 Å². The van der Waals surface area contributed by atoms with Crippen LogP contribution in [0.2, 0.25) is 0 Å². The summed E-state index contributed by atoms with van der Waals surface area (Å²) in [4.78, 5) is 4.81. The van der Waals surface area contributed by atoms with Crippen molar-refractivity contribution < 1.29 is 13.2 Å². The topological polar surface area (TPSA) is 32.8 Å². The summed E-state index contributed by atoms with van der Waals surface area (Å²) >= 11 is 0. The average molecular weight is 1190 g/mol. The van der Waals surface area contributed by atoms with Crippen LogP contribution in [0.3, 0.4) is 0 Å². The number of hydrogen-bond donors (Lipinski definition) is 0. The molecule has 1 aliphatic carbocycles. The van der Waals surface area contributed by atoms with Gasteiger partial charge in [-0.1, -0.05) is 240 Å². The van der Waals surface area contributed by atoms with Crippen molar-refractivity contribution in [2.45, 2.75) is 44.9 Å². The molecule has 0 spiro atoms. The number of nitrogens with zero attached hydrogens (tertiary/aromatic N) is 2. The third-order valence-corrected chi connectivity index (χ3v) is 19.4. The van der Waals surface area contributed by atoms with Crippen molar-refractivity contribution >= 4 is 99.5 Å². The summed E-state index contributed by atoms with van der Waals surface area (Å²) in [5, 5.41) is 8.41. The molecule has 440 valence electrons. The lowest BCUT2D eigenvalue weighted by atomic mass is 9.67. The molecule has 0 saturated heterocycles. The molecule has 1 aliphatic rings. The van der Waals surface area contributed by atoms with Crippen LogP contribution in [0.25, 0.3) is 98.8 Å². The standard InChI is InChI=1S/C87H63FN2O2/c1-54(2)56-33-42-65(43-34-56)89(67-46-37-60(38-47-67)71-30-17-21-58-19-11-13-27-69(58)71)77-52-75-83(85-81(77)73-29-15-16-32-79(73)91-85)84-76(87(75,62-23-7-5-8-24-62)63-25-9-6-10-26-63)53-78(82-74-50-41-64(88)51-80(74)92-86(82)84)90(66-44-35-57(36-45-66)55(3)4)68-48-39-61(40-49-68)72-31-18-22-59-20-12-14-28-70(59)72/h5-55H,1-4H3. The largest absolute Gasteiger partial charge is 0.455 e. The van der Waals surface area contributed by atoms with Crippen LogP contribution in [0, 0.1) is 5.82 Å². The van der Waals surface area contributed by atoms with Crippen LogP contribution in [0.15, 0.2) is 306 Å². The van der Waals surface area contributed by atoms with E-state index in [9.17, 15) is 0 Å². The van der Waals surface area contributed by atoms with Crippen molar-refractivity contribution in [3.8, 4) is 33.4 Å². The first-order chi connectivity index (χ1) is 45.2. The van der Waals surface area contributed by atoms with Gasteiger partial charge in [0.1, 0.15) is 28.1 Å². The molecule has 0 aliphatic heterocycles. The van der Waals surface area contributed by atoms with E-state index < -0.39 is 5.41 Å². The number of fused-ring (bicyclic) bond motifs is 13. The lowest BCUT2D eigenvalue weighted by Gasteiger charge is -2.36. The van der Waals surface area contributed by atoms with Crippen molar-refractivity contribution in [1.82, 2.24) is 0 Å². The van der Waals surface area contributed by atoms with Gasteiger partial charge in [-0.2, -0.15) is 0 Å². The third kappa shape index (κ3) is 8.63. The van der Waals surface area contributed by atoms with Gasteiger partial charge in [-0.25, -0.2) is 4.39 Å². The van der Waals surface area contributed by atoms with Crippen LogP contribution in [0.4, 0.5) is 38.5 Å². The number of hydrogen-bond acceptors (Lipinski definition) is 4. The van der Waals surface area contributed by atoms with E-state index in [2.05, 4.69) is 317 Å². The second-order valence-electron chi connectivity index (χ2n) is 25.2. The molecule has 14 aromatic carbocycles. The van der Waals surface area contributed by atoms with Crippen LogP contribution >= 0.6 is 0 Å². The van der Waals surface area contributed by atoms with Crippen molar-refractivity contribution in [2.24, 2.45) is 0 Å². The van der Waals surface area contributed by atoms with Crippen LogP contribution < -0.4 is 9.80 Å². The Morgan fingerprint density at radius 2 is 0.717 bits per heavy atom. The maximum absolute atomic E-state index is 16.1. The molecule has 17 rings (SSSR count). The monoisotopic (exact) mass is 1190 g/mol. The minimum absolute atomic E-state index is 0.317. The summed E-state index contributed by atoms with van der Waals surface area (Å²) in [5.41, 5.74) is 20.4. The first-order valence-corrected chi connectivity index (χ1v) is 32.0. The van der Waals surface area contributed by atoms with Crippen LogP contribution in [-0.4, -0.2) is 0 Å². The molecular weight excluding hydrogens is 1120 g/mol. The Labute approximate surface area is 534 Å². The number of rotatable bonds is 12. The summed E-state index contributed by atoms with van der Waals surface area (Å²) in [7, 11) is 0. The maximum Gasteiger partial charge on any atom is 0.145 e. The van der Waals surface area contributed by atoms with Crippen molar-refractivity contribution in [3.63, 3.8) is 0 Å². The summed E-state index contributed by atoms with van der Waals surface area (Å²) in [5.74, 6) is 0.274. The fourth-order valence-corrected chi connectivity index (χ4v) is 14.9. The van der Waals surface area contributed by atoms with E-state index in [1.54, 1.807) is 6.07 Å². The minimum Gasteiger partial charge on any atom is -0.455 e. The Morgan fingerprint density at radius 3 is 1.17 bits per heavy atom. The van der Waals surface area contributed by atoms with Gasteiger partial charge in [-0.05, 0) is 168 Å². The highest BCUT2D eigenvalue weighted by atomic mass is 19.1. The molecule has 4 nitrogen and oxygen atoms in total. The van der Waals surface area contributed by atoms with Crippen LogP contribution in [0.5, 0.6) is 0 Å². The molecular formula is C87H63FN2O2. The van der Waals surface area contributed by atoms with E-state index in [0.29, 0.717) is 23.0 Å². The minimum atomic E-state index is -1.01.